The zero-order chi connectivity index (χ0) is 25.3. The van der Waals surface area contributed by atoms with Gasteiger partial charge < -0.3 is 10.8 Å². The molecule has 0 spiro atoms. The van der Waals surface area contributed by atoms with Crippen LogP contribution in [0.25, 0.3) is 0 Å². The van der Waals surface area contributed by atoms with E-state index in [-0.39, 0.29) is 5.92 Å². The third-order valence-corrected chi connectivity index (χ3v) is 7.76. The molecule has 2 saturated carbocycles. The Morgan fingerprint density at radius 2 is 2.00 bits per heavy atom. The average Bonchev–Trinajstić information content (AvgIpc) is 3.51. The molecule has 7 nitrogen and oxygen atoms in total. The molecule has 1 aromatic carbocycles. The minimum absolute atomic E-state index is 0.248. The first kappa shape index (κ1) is 26.2. The molecule has 0 bridgehead atoms. The fourth-order valence-corrected chi connectivity index (χ4v) is 5.98. The molecule has 11 heteroatoms. The van der Waals surface area contributed by atoms with E-state index in [4.69, 9.17) is 10.8 Å². The lowest BCUT2D eigenvalue weighted by molar-refractivity contribution is -0.138. The zero-order valence-corrected chi connectivity index (χ0v) is 20.0. The summed E-state index contributed by atoms with van der Waals surface area (Å²) in [5.41, 5.74) is 5.35. The van der Waals surface area contributed by atoms with E-state index in [0.717, 1.165) is 6.07 Å². The summed E-state index contributed by atoms with van der Waals surface area (Å²) in [6.07, 6.45) is -0.111. The van der Waals surface area contributed by atoms with Gasteiger partial charge in [0.05, 0.1) is 16.5 Å². The molecule has 2 aliphatic rings. The molecular weight excluding hydrogens is 471 g/mol. The van der Waals surface area contributed by atoms with Crippen LogP contribution in [-0.2, 0) is 26.4 Å². The van der Waals surface area contributed by atoms with Gasteiger partial charge in [0, 0.05) is 17.5 Å². The fraction of sp³-hybridized carbons (Fsp3) is 0.565. The number of hydrogen-bond donors (Lipinski definition) is 3. The summed E-state index contributed by atoms with van der Waals surface area (Å²) in [5, 5.41) is 8.89. The van der Waals surface area contributed by atoms with E-state index in [1.54, 1.807) is 0 Å². The fourth-order valence-electron chi connectivity index (χ4n) is 4.67. The zero-order valence-electron chi connectivity index (χ0n) is 19.2. The molecule has 3 rings (SSSR count). The van der Waals surface area contributed by atoms with E-state index in [1.807, 2.05) is 13.8 Å². The summed E-state index contributed by atoms with van der Waals surface area (Å²) in [6, 6.07) is 2.25. The first-order valence-corrected chi connectivity index (χ1v) is 12.7. The van der Waals surface area contributed by atoms with Gasteiger partial charge in [-0.25, -0.2) is 13.1 Å². The number of benzene rings is 1. The van der Waals surface area contributed by atoms with Crippen LogP contribution in [0.4, 0.5) is 13.2 Å². The van der Waals surface area contributed by atoms with Crippen molar-refractivity contribution in [2.75, 3.05) is 6.54 Å². The smallest absolute Gasteiger partial charge is 0.416 e. The first-order valence-electron chi connectivity index (χ1n) is 11.2. The van der Waals surface area contributed by atoms with Crippen molar-refractivity contribution in [1.82, 2.24) is 4.72 Å². The third kappa shape index (κ3) is 5.99. The molecule has 188 valence electrons. The largest absolute Gasteiger partial charge is 0.480 e. The lowest BCUT2D eigenvalue weighted by Gasteiger charge is -2.28. The van der Waals surface area contributed by atoms with E-state index in [0.29, 0.717) is 61.4 Å². The summed E-state index contributed by atoms with van der Waals surface area (Å²) in [5.74, 6) is -0.892. The number of nitrogens with zero attached hydrogens (tertiary/aromatic N) is 1. The van der Waals surface area contributed by atoms with Gasteiger partial charge >= 0.3 is 12.1 Å². The molecule has 2 fully saturated rings. The molecule has 1 aromatic rings. The van der Waals surface area contributed by atoms with E-state index >= 15 is 0 Å². The Morgan fingerprint density at radius 3 is 2.53 bits per heavy atom. The Kier molecular flexibility index (Phi) is 7.47. The lowest BCUT2D eigenvalue weighted by atomic mass is 9.86. The molecule has 1 atom stereocenters. The molecule has 0 heterocycles. The highest BCUT2D eigenvalue weighted by molar-refractivity contribution is 7.89. The van der Waals surface area contributed by atoms with Crippen molar-refractivity contribution >= 4 is 21.7 Å². The number of aliphatic imine (C=N–C) groups is 1. The summed E-state index contributed by atoms with van der Waals surface area (Å²) in [6.45, 7) is 3.49. The van der Waals surface area contributed by atoms with Gasteiger partial charge in [0.25, 0.3) is 0 Å². The topological polar surface area (TPSA) is 122 Å². The number of sulfonamides is 1. The monoisotopic (exact) mass is 501 g/mol. The van der Waals surface area contributed by atoms with Crippen LogP contribution in [-0.4, -0.2) is 37.8 Å². The average molecular weight is 502 g/mol. The van der Waals surface area contributed by atoms with Crippen LogP contribution >= 0.6 is 0 Å². The number of nitrogens with one attached hydrogen (secondary N) is 1. The van der Waals surface area contributed by atoms with Crippen molar-refractivity contribution in [3.05, 3.63) is 41.1 Å². The van der Waals surface area contributed by atoms with E-state index in [9.17, 15) is 26.4 Å². The van der Waals surface area contributed by atoms with Gasteiger partial charge in [-0.3, -0.25) is 9.79 Å². The second kappa shape index (κ2) is 9.69. The Bertz CT molecular complexity index is 1110. The van der Waals surface area contributed by atoms with Crippen molar-refractivity contribution < 1.29 is 31.5 Å². The van der Waals surface area contributed by atoms with Gasteiger partial charge in [0.15, 0.2) is 0 Å². The SMILES string of the molecule is CC(C)CC1(c2cc(C(F)(F)F)cc(S(=O)(=O)N[C@@H]3CCCC(=NCC(=O)O)C3=CN)c2)CC1. The number of rotatable bonds is 8. The van der Waals surface area contributed by atoms with Crippen molar-refractivity contribution in [2.24, 2.45) is 16.6 Å². The number of carbonyl (C=O) groups is 1. The Labute approximate surface area is 197 Å². The maximum atomic E-state index is 13.7. The minimum atomic E-state index is -4.70. The summed E-state index contributed by atoms with van der Waals surface area (Å²) >= 11 is 0. The van der Waals surface area contributed by atoms with Crippen LogP contribution < -0.4 is 10.5 Å². The standard InChI is InChI=1S/C23H30F3N3O4S/c1-14(2)11-22(6-7-22)15-8-16(23(24,25)26)10-17(9-15)34(32,33)29-20-5-3-4-19(18(20)12-27)28-13-21(30)31/h8-10,12,14,20,29H,3-7,11,13,27H2,1-2H3,(H,30,31)/t20-/m1/s1. The van der Waals surface area contributed by atoms with Crippen LogP contribution in [0, 0.1) is 5.92 Å². The first-order chi connectivity index (χ1) is 15.8. The molecule has 0 amide bonds. The highest BCUT2D eigenvalue weighted by atomic mass is 32.2. The Hall–Kier alpha value is -2.40. The van der Waals surface area contributed by atoms with E-state index in [1.165, 1.54) is 12.3 Å². The number of aliphatic carboxylic acids is 1. The molecule has 0 saturated heterocycles. The van der Waals surface area contributed by atoms with Crippen LogP contribution in [0.3, 0.4) is 0 Å². The maximum Gasteiger partial charge on any atom is 0.416 e. The Morgan fingerprint density at radius 1 is 1.32 bits per heavy atom. The van der Waals surface area contributed by atoms with Gasteiger partial charge in [-0.1, -0.05) is 13.8 Å². The van der Waals surface area contributed by atoms with E-state index in [2.05, 4.69) is 9.71 Å². The second-order valence-electron chi connectivity index (χ2n) is 9.47. The maximum absolute atomic E-state index is 13.7. The quantitative estimate of drug-likeness (QED) is 0.497. The number of hydrogen-bond acceptors (Lipinski definition) is 5. The normalized spacial score (nSPS) is 22.9. The highest BCUT2D eigenvalue weighted by Crippen LogP contribution is 2.53. The van der Waals surface area contributed by atoms with Crippen LogP contribution in [0.5, 0.6) is 0 Å². The van der Waals surface area contributed by atoms with Crippen molar-refractivity contribution in [3.8, 4) is 0 Å². The molecular formula is C23H30F3N3O4S. The summed E-state index contributed by atoms with van der Waals surface area (Å²) < 4.78 is 70.0. The predicted octanol–water partition coefficient (Wildman–Crippen LogP) is 3.98. The molecule has 4 N–H and O–H groups in total. The van der Waals surface area contributed by atoms with Gasteiger partial charge in [-0.05, 0) is 73.6 Å². The molecule has 2 aliphatic carbocycles. The number of carboxylic acids is 1. The van der Waals surface area contributed by atoms with Gasteiger partial charge in [-0.2, -0.15) is 13.2 Å². The molecule has 34 heavy (non-hydrogen) atoms. The van der Waals surface area contributed by atoms with Crippen molar-refractivity contribution in [2.45, 2.75) is 74.9 Å². The van der Waals surface area contributed by atoms with Crippen LogP contribution in [0.2, 0.25) is 0 Å². The number of alkyl halides is 3. The summed E-state index contributed by atoms with van der Waals surface area (Å²) in [7, 11) is -4.34. The second-order valence-corrected chi connectivity index (χ2v) is 11.2. The van der Waals surface area contributed by atoms with Gasteiger partial charge in [0.2, 0.25) is 10.0 Å². The van der Waals surface area contributed by atoms with Crippen LogP contribution in [0.1, 0.15) is 63.5 Å². The lowest BCUT2D eigenvalue weighted by Crippen LogP contribution is -2.41. The third-order valence-electron chi connectivity index (χ3n) is 6.31. The molecule has 0 aliphatic heterocycles. The van der Waals surface area contributed by atoms with Crippen molar-refractivity contribution in [1.29, 1.82) is 0 Å². The Balaban J connectivity index is 1.97. The predicted molar refractivity (Wildman–Crippen MR) is 122 cm³/mol. The highest BCUT2D eigenvalue weighted by Gasteiger charge is 2.46. The van der Waals surface area contributed by atoms with Crippen LogP contribution in [0.15, 0.2) is 39.9 Å². The summed E-state index contributed by atoms with van der Waals surface area (Å²) in [4.78, 5) is 14.4. The van der Waals surface area contributed by atoms with E-state index < -0.39 is 50.6 Å². The number of nitrogens with two attached hydrogens (primary N) is 1. The minimum Gasteiger partial charge on any atom is -0.480 e. The molecule has 0 unspecified atom stereocenters. The van der Waals surface area contributed by atoms with Crippen molar-refractivity contribution in [3.63, 3.8) is 0 Å². The molecule has 0 radical (unpaired) electrons. The number of carboxylic acid groups (broad SMARTS) is 1. The van der Waals surface area contributed by atoms with Gasteiger partial charge in [-0.15, -0.1) is 0 Å². The molecule has 0 aromatic heterocycles. The number of halogens is 3. The van der Waals surface area contributed by atoms with Gasteiger partial charge in [0.1, 0.15) is 6.54 Å².